The van der Waals surface area contributed by atoms with Crippen LogP contribution in [0.5, 0.6) is 0 Å². The van der Waals surface area contributed by atoms with E-state index in [1.807, 2.05) is 23.5 Å². The third-order valence-electron chi connectivity index (χ3n) is 2.90. The first kappa shape index (κ1) is 12.9. The van der Waals surface area contributed by atoms with Crippen molar-refractivity contribution in [2.75, 3.05) is 6.54 Å². The van der Waals surface area contributed by atoms with Crippen molar-refractivity contribution in [3.8, 4) is 0 Å². The molecule has 0 atom stereocenters. The van der Waals surface area contributed by atoms with E-state index in [-0.39, 0.29) is 0 Å². The Morgan fingerprint density at radius 2 is 2.12 bits per heavy atom. The highest BCUT2D eigenvalue weighted by Crippen LogP contribution is 2.39. The monoisotopic (exact) mass is 267 g/mol. The maximum absolute atomic E-state index is 6.27. The lowest BCUT2D eigenvalue weighted by Crippen LogP contribution is -2.12. The third kappa shape index (κ3) is 2.49. The Morgan fingerprint density at radius 1 is 1.35 bits per heavy atom. The van der Waals surface area contributed by atoms with Crippen LogP contribution in [0, 0.1) is 0 Å². The minimum Gasteiger partial charge on any atom is -0.312 e. The highest BCUT2D eigenvalue weighted by molar-refractivity contribution is 7.20. The van der Waals surface area contributed by atoms with Crippen LogP contribution in [0.2, 0.25) is 5.02 Å². The Labute approximate surface area is 112 Å². The van der Waals surface area contributed by atoms with Crippen molar-refractivity contribution < 1.29 is 0 Å². The van der Waals surface area contributed by atoms with Gasteiger partial charge in [-0.1, -0.05) is 44.5 Å². The largest absolute Gasteiger partial charge is 0.312 e. The zero-order valence-corrected chi connectivity index (χ0v) is 12.1. The van der Waals surface area contributed by atoms with Gasteiger partial charge in [0.15, 0.2) is 0 Å². The Balaban J connectivity index is 2.58. The van der Waals surface area contributed by atoms with Gasteiger partial charge in [0.05, 0.1) is 9.72 Å². The fraction of sp³-hybridized carbons (Fsp3) is 0.429. The third-order valence-corrected chi connectivity index (χ3v) is 4.58. The first-order valence-corrected chi connectivity index (χ1v) is 7.25. The summed E-state index contributed by atoms with van der Waals surface area (Å²) in [6, 6.07) is 6.20. The molecule has 17 heavy (non-hydrogen) atoms. The molecule has 1 aromatic heterocycles. The van der Waals surface area contributed by atoms with E-state index in [9.17, 15) is 0 Å². The molecule has 3 heteroatoms. The van der Waals surface area contributed by atoms with Crippen LogP contribution in [-0.4, -0.2) is 6.54 Å². The molecular formula is C14H18ClNS. The number of benzene rings is 1. The Bertz CT molecular complexity index is 516. The molecule has 92 valence electrons. The summed E-state index contributed by atoms with van der Waals surface area (Å²) in [6.07, 6.45) is 0. The number of hydrogen-bond donors (Lipinski definition) is 1. The van der Waals surface area contributed by atoms with E-state index < -0.39 is 0 Å². The molecule has 0 aliphatic carbocycles. The fourth-order valence-corrected chi connectivity index (χ4v) is 3.78. The molecule has 0 saturated heterocycles. The maximum Gasteiger partial charge on any atom is 0.0584 e. The smallest absolute Gasteiger partial charge is 0.0584 e. The van der Waals surface area contributed by atoms with E-state index in [4.69, 9.17) is 11.6 Å². The van der Waals surface area contributed by atoms with Crippen LogP contribution in [0.1, 0.15) is 37.1 Å². The first-order chi connectivity index (χ1) is 8.15. The van der Waals surface area contributed by atoms with Gasteiger partial charge in [-0.05, 0) is 29.5 Å². The molecule has 2 aromatic rings. The summed E-state index contributed by atoms with van der Waals surface area (Å²) in [5.74, 6) is 0.538. The number of rotatable bonds is 4. The van der Waals surface area contributed by atoms with Gasteiger partial charge in [-0.25, -0.2) is 0 Å². The molecule has 0 aliphatic rings. The minimum absolute atomic E-state index is 0.538. The summed E-state index contributed by atoms with van der Waals surface area (Å²) >= 11 is 8.10. The fourth-order valence-electron chi connectivity index (χ4n) is 2.16. The lowest BCUT2D eigenvalue weighted by atomic mass is 9.99. The van der Waals surface area contributed by atoms with E-state index >= 15 is 0 Å². The zero-order chi connectivity index (χ0) is 12.4. The average Bonchev–Trinajstić information content (AvgIpc) is 2.66. The van der Waals surface area contributed by atoms with Gasteiger partial charge in [-0.3, -0.25) is 0 Å². The van der Waals surface area contributed by atoms with E-state index in [1.165, 1.54) is 20.5 Å². The maximum atomic E-state index is 6.27. The summed E-state index contributed by atoms with van der Waals surface area (Å²) in [5.41, 5.74) is 1.45. The quantitative estimate of drug-likeness (QED) is 0.840. The molecule has 0 aliphatic heterocycles. The van der Waals surface area contributed by atoms with Crippen LogP contribution in [-0.2, 0) is 6.54 Å². The Kier molecular flexibility index (Phi) is 4.08. The van der Waals surface area contributed by atoms with Gasteiger partial charge < -0.3 is 5.32 Å². The number of nitrogens with one attached hydrogen (secondary N) is 1. The first-order valence-electron chi connectivity index (χ1n) is 6.05. The van der Waals surface area contributed by atoms with E-state index in [0.29, 0.717) is 5.92 Å². The van der Waals surface area contributed by atoms with E-state index in [1.54, 1.807) is 0 Å². The molecule has 0 amide bonds. The minimum atomic E-state index is 0.538. The molecular weight excluding hydrogens is 250 g/mol. The van der Waals surface area contributed by atoms with Crippen LogP contribution in [0.4, 0.5) is 0 Å². The molecule has 0 saturated carbocycles. The van der Waals surface area contributed by atoms with Crippen molar-refractivity contribution in [2.24, 2.45) is 0 Å². The molecule has 0 bridgehead atoms. The van der Waals surface area contributed by atoms with Gasteiger partial charge in [0.25, 0.3) is 0 Å². The van der Waals surface area contributed by atoms with Gasteiger partial charge in [0.1, 0.15) is 0 Å². The molecule has 0 radical (unpaired) electrons. The topological polar surface area (TPSA) is 12.0 Å². The van der Waals surface area contributed by atoms with Crippen LogP contribution in [0.3, 0.4) is 0 Å². The predicted molar refractivity (Wildman–Crippen MR) is 78.3 cm³/mol. The number of halogens is 1. The molecule has 1 heterocycles. The van der Waals surface area contributed by atoms with Crippen molar-refractivity contribution in [3.05, 3.63) is 33.7 Å². The van der Waals surface area contributed by atoms with Crippen LogP contribution in [0.25, 0.3) is 10.1 Å². The molecule has 2 rings (SSSR count). The van der Waals surface area contributed by atoms with Gasteiger partial charge >= 0.3 is 0 Å². The lowest BCUT2D eigenvalue weighted by Gasteiger charge is -2.08. The highest BCUT2D eigenvalue weighted by atomic mass is 35.5. The normalized spacial score (nSPS) is 11.6. The molecule has 0 unspecified atom stereocenters. The second-order valence-corrected chi connectivity index (χ2v) is 6.00. The van der Waals surface area contributed by atoms with Crippen LogP contribution >= 0.6 is 22.9 Å². The van der Waals surface area contributed by atoms with Gasteiger partial charge in [0.2, 0.25) is 0 Å². The van der Waals surface area contributed by atoms with Gasteiger partial charge in [0, 0.05) is 11.4 Å². The highest BCUT2D eigenvalue weighted by Gasteiger charge is 2.15. The SMILES string of the molecule is CCNCc1sc2c(Cl)cccc2c1C(C)C. The molecule has 0 fully saturated rings. The van der Waals surface area contributed by atoms with Crippen molar-refractivity contribution in [2.45, 2.75) is 33.2 Å². The molecule has 1 aromatic carbocycles. The Morgan fingerprint density at radius 3 is 2.76 bits per heavy atom. The molecule has 0 spiro atoms. The molecule has 1 N–H and O–H groups in total. The van der Waals surface area contributed by atoms with Gasteiger partial charge in [-0.2, -0.15) is 0 Å². The number of thiophene rings is 1. The summed E-state index contributed by atoms with van der Waals surface area (Å²) in [5, 5.41) is 5.60. The van der Waals surface area contributed by atoms with Gasteiger partial charge in [-0.15, -0.1) is 11.3 Å². The van der Waals surface area contributed by atoms with E-state index in [0.717, 1.165) is 18.1 Å². The van der Waals surface area contributed by atoms with E-state index in [2.05, 4.69) is 32.2 Å². The van der Waals surface area contributed by atoms with Crippen molar-refractivity contribution in [1.29, 1.82) is 0 Å². The number of fused-ring (bicyclic) bond motifs is 1. The van der Waals surface area contributed by atoms with Crippen molar-refractivity contribution in [1.82, 2.24) is 5.32 Å². The predicted octanol–water partition coefficient (Wildman–Crippen LogP) is 4.79. The van der Waals surface area contributed by atoms with Crippen LogP contribution < -0.4 is 5.32 Å². The second-order valence-electron chi connectivity index (χ2n) is 4.49. The standard InChI is InChI=1S/C14H18ClNS/c1-4-16-8-12-13(9(2)3)10-6-5-7-11(15)14(10)17-12/h5-7,9,16H,4,8H2,1-3H3. The molecule has 1 nitrogen and oxygen atoms in total. The average molecular weight is 268 g/mol. The summed E-state index contributed by atoms with van der Waals surface area (Å²) < 4.78 is 1.23. The number of hydrogen-bond acceptors (Lipinski definition) is 2. The van der Waals surface area contributed by atoms with Crippen molar-refractivity contribution in [3.63, 3.8) is 0 Å². The summed E-state index contributed by atoms with van der Waals surface area (Å²) in [6.45, 7) is 8.57. The summed E-state index contributed by atoms with van der Waals surface area (Å²) in [7, 11) is 0. The summed E-state index contributed by atoms with van der Waals surface area (Å²) in [4.78, 5) is 1.42. The second kappa shape index (κ2) is 5.38. The zero-order valence-electron chi connectivity index (χ0n) is 10.5. The van der Waals surface area contributed by atoms with Crippen molar-refractivity contribution >= 4 is 33.0 Å². The van der Waals surface area contributed by atoms with Crippen LogP contribution in [0.15, 0.2) is 18.2 Å². The Hall–Kier alpha value is -0.570. The lowest BCUT2D eigenvalue weighted by molar-refractivity contribution is 0.723.